The summed E-state index contributed by atoms with van der Waals surface area (Å²) in [6.07, 6.45) is -0.660. The lowest BCUT2D eigenvalue weighted by Gasteiger charge is -2.17. The summed E-state index contributed by atoms with van der Waals surface area (Å²) in [5.41, 5.74) is 3.09. The van der Waals surface area contributed by atoms with Gasteiger partial charge in [0.25, 0.3) is 0 Å². The molecule has 2 aromatic carbocycles. The molecule has 0 saturated carbocycles. The van der Waals surface area contributed by atoms with Crippen LogP contribution in [0.4, 0.5) is 0 Å². The van der Waals surface area contributed by atoms with E-state index in [1.54, 1.807) is 0 Å². The summed E-state index contributed by atoms with van der Waals surface area (Å²) < 4.78 is 8.38. The van der Waals surface area contributed by atoms with Crippen molar-refractivity contribution >= 4 is 47.8 Å². The van der Waals surface area contributed by atoms with Crippen molar-refractivity contribution < 1.29 is 9.84 Å². The van der Waals surface area contributed by atoms with Gasteiger partial charge in [0.2, 0.25) is 0 Å². The molecule has 0 aliphatic carbocycles. The van der Waals surface area contributed by atoms with Crippen LogP contribution in [0.3, 0.4) is 0 Å². The predicted molar refractivity (Wildman–Crippen MR) is 95.9 cm³/mol. The number of rotatable bonds is 4. The fraction of sp³-hybridized carbons (Fsp3) is 0.250. The normalized spacial score (nSPS) is 12.3. The van der Waals surface area contributed by atoms with E-state index in [2.05, 4.69) is 47.8 Å². The molecule has 0 aliphatic heterocycles. The molecule has 0 amide bonds. The molecule has 0 radical (unpaired) electrons. The average Bonchev–Trinajstić information content (AvgIpc) is 2.40. The van der Waals surface area contributed by atoms with E-state index in [1.165, 1.54) is 0 Å². The molecular weight excluding hydrogens is 464 g/mol. The molecule has 0 heterocycles. The van der Waals surface area contributed by atoms with Crippen LogP contribution in [0.25, 0.3) is 0 Å². The fourth-order valence-corrected chi connectivity index (χ4v) is 4.53. The third kappa shape index (κ3) is 4.31. The number of benzene rings is 2. The first-order valence-electron chi connectivity index (χ1n) is 6.41. The second-order valence-corrected chi connectivity index (χ2v) is 7.51. The van der Waals surface area contributed by atoms with Gasteiger partial charge in [-0.05, 0) is 69.0 Å². The maximum atomic E-state index is 10.4. The minimum Gasteiger partial charge on any atom is -0.488 e. The van der Waals surface area contributed by atoms with Gasteiger partial charge in [0.15, 0.2) is 0 Å². The molecule has 112 valence electrons. The Kier molecular flexibility index (Phi) is 5.88. The number of hydrogen-bond acceptors (Lipinski definition) is 2. The third-order valence-electron chi connectivity index (χ3n) is 3.14. The Hall–Kier alpha value is -0.360. The molecule has 5 heteroatoms. The average molecular weight is 479 g/mol. The van der Waals surface area contributed by atoms with Crippen molar-refractivity contribution in [3.8, 4) is 5.75 Å². The van der Waals surface area contributed by atoms with Crippen molar-refractivity contribution in [1.29, 1.82) is 0 Å². The number of halogens is 3. The summed E-state index contributed by atoms with van der Waals surface area (Å²) >= 11 is 10.3. The van der Waals surface area contributed by atoms with Crippen LogP contribution in [0, 0.1) is 13.8 Å². The molecule has 1 atom stereocenters. The van der Waals surface area contributed by atoms with Crippen LogP contribution in [-0.4, -0.2) is 11.7 Å². The highest BCUT2D eigenvalue weighted by atomic mass is 79.9. The second-order valence-electron chi connectivity index (χ2n) is 4.89. The van der Waals surface area contributed by atoms with E-state index < -0.39 is 6.10 Å². The summed E-state index contributed by atoms with van der Waals surface area (Å²) in [7, 11) is 0. The van der Waals surface area contributed by atoms with Crippen LogP contribution in [0.2, 0.25) is 0 Å². The molecule has 0 fully saturated rings. The molecule has 1 N–H and O–H groups in total. The number of hydrogen-bond donors (Lipinski definition) is 1. The maximum absolute atomic E-state index is 10.4. The molecule has 0 aromatic heterocycles. The van der Waals surface area contributed by atoms with E-state index in [0.717, 1.165) is 30.1 Å². The van der Waals surface area contributed by atoms with Crippen LogP contribution in [0.15, 0.2) is 43.7 Å². The number of aliphatic hydroxyl groups excluding tert-OH is 1. The first-order chi connectivity index (χ1) is 9.88. The Morgan fingerprint density at radius 2 is 1.67 bits per heavy atom. The van der Waals surface area contributed by atoms with Crippen molar-refractivity contribution in [2.24, 2.45) is 0 Å². The first-order valence-corrected chi connectivity index (χ1v) is 8.79. The highest BCUT2D eigenvalue weighted by molar-refractivity contribution is 9.11. The number of ether oxygens (including phenoxy) is 1. The number of aliphatic hydroxyl groups is 1. The van der Waals surface area contributed by atoms with Gasteiger partial charge in [-0.1, -0.05) is 39.7 Å². The van der Waals surface area contributed by atoms with Crippen LogP contribution >= 0.6 is 47.8 Å². The Labute approximate surface area is 149 Å². The zero-order valence-corrected chi connectivity index (χ0v) is 16.4. The molecule has 1 unspecified atom stereocenters. The van der Waals surface area contributed by atoms with Crippen molar-refractivity contribution in [2.45, 2.75) is 20.0 Å². The third-order valence-corrected chi connectivity index (χ3v) is 4.78. The SMILES string of the molecule is Cc1ccc(C)c(C(O)COc2c(Br)cc(Br)cc2Br)c1. The molecule has 0 saturated heterocycles. The maximum Gasteiger partial charge on any atom is 0.147 e. The molecule has 2 aromatic rings. The van der Waals surface area contributed by atoms with E-state index in [0.29, 0.717) is 5.75 Å². The zero-order valence-electron chi connectivity index (χ0n) is 11.7. The monoisotopic (exact) mass is 476 g/mol. The number of aryl methyl sites for hydroxylation is 2. The highest BCUT2D eigenvalue weighted by Crippen LogP contribution is 2.37. The predicted octanol–water partition coefficient (Wildman–Crippen LogP) is 5.70. The Morgan fingerprint density at radius 3 is 2.29 bits per heavy atom. The highest BCUT2D eigenvalue weighted by Gasteiger charge is 2.14. The van der Waals surface area contributed by atoms with Crippen molar-refractivity contribution in [3.63, 3.8) is 0 Å². The van der Waals surface area contributed by atoms with Crippen molar-refractivity contribution in [3.05, 3.63) is 60.4 Å². The Balaban J connectivity index is 2.15. The molecule has 21 heavy (non-hydrogen) atoms. The van der Waals surface area contributed by atoms with Gasteiger partial charge in [-0.2, -0.15) is 0 Å². The first kappa shape index (κ1) is 17.0. The van der Waals surface area contributed by atoms with E-state index in [9.17, 15) is 5.11 Å². The lowest BCUT2D eigenvalue weighted by molar-refractivity contribution is 0.107. The minimum absolute atomic E-state index is 0.198. The molecule has 0 bridgehead atoms. The molecule has 2 nitrogen and oxygen atoms in total. The lowest BCUT2D eigenvalue weighted by atomic mass is 10.0. The molecule has 2 rings (SSSR count). The molecule has 0 spiro atoms. The molecular formula is C16H15Br3O2. The van der Waals surface area contributed by atoms with Gasteiger partial charge in [-0.3, -0.25) is 0 Å². The van der Waals surface area contributed by atoms with E-state index in [1.807, 2.05) is 44.2 Å². The van der Waals surface area contributed by atoms with Gasteiger partial charge in [0.05, 0.1) is 8.95 Å². The summed E-state index contributed by atoms with van der Waals surface area (Å²) in [5, 5.41) is 10.4. The van der Waals surface area contributed by atoms with Crippen molar-refractivity contribution in [2.75, 3.05) is 6.61 Å². The summed E-state index contributed by atoms with van der Waals surface area (Å²) in [5.74, 6) is 0.683. The second kappa shape index (κ2) is 7.27. The van der Waals surface area contributed by atoms with Gasteiger partial charge < -0.3 is 9.84 Å². The van der Waals surface area contributed by atoms with Crippen LogP contribution in [0.1, 0.15) is 22.8 Å². The molecule has 0 aliphatic rings. The lowest BCUT2D eigenvalue weighted by Crippen LogP contribution is -2.11. The fourth-order valence-electron chi connectivity index (χ4n) is 2.04. The van der Waals surface area contributed by atoms with E-state index >= 15 is 0 Å². The van der Waals surface area contributed by atoms with Crippen LogP contribution in [-0.2, 0) is 0 Å². The van der Waals surface area contributed by atoms with E-state index in [-0.39, 0.29) is 6.61 Å². The largest absolute Gasteiger partial charge is 0.488 e. The topological polar surface area (TPSA) is 29.5 Å². The van der Waals surface area contributed by atoms with Gasteiger partial charge in [-0.25, -0.2) is 0 Å². The summed E-state index contributed by atoms with van der Waals surface area (Å²) in [6.45, 7) is 4.20. The van der Waals surface area contributed by atoms with Crippen LogP contribution < -0.4 is 4.74 Å². The Bertz CT molecular complexity index is 633. The summed E-state index contributed by atoms with van der Waals surface area (Å²) in [4.78, 5) is 0. The van der Waals surface area contributed by atoms with E-state index in [4.69, 9.17) is 4.74 Å². The minimum atomic E-state index is -0.660. The van der Waals surface area contributed by atoms with Gasteiger partial charge >= 0.3 is 0 Å². The smallest absolute Gasteiger partial charge is 0.147 e. The van der Waals surface area contributed by atoms with Crippen molar-refractivity contribution in [1.82, 2.24) is 0 Å². The zero-order chi connectivity index (χ0) is 15.6. The van der Waals surface area contributed by atoms with Gasteiger partial charge in [0.1, 0.15) is 18.5 Å². The van der Waals surface area contributed by atoms with Gasteiger partial charge in [-0.15, -0.1) is 0 Å². The van der Waals surface area contributed by atoms with Crippen LogP contribution in [0.5, 0.6) is 5.75 Å². The standard InChI is InChI=1S/C16H15Br3O2/c1-9-3-4-10(2)12(5-9)15(20)8-21-16-13(18)6-11(17)7-14(16)19/h3-7,15,20H,8H2,1-2H3. The Morgan fingerprint density at radius 1 is 1.05 bits per heavy atom. The summed E-state index contributed by atoms with van der Waals surface area (Å²) in [6, 6.07) is 9.86. The van der Waals surface area contributed by atoms with Gasteiger partial charge in [0, 0.05) is 4.47 Å². The quantitative estimate of drug-likeness (QED) is 0.610.